The van der Waals surface area contributed by atoms with Crippen molar-refractivity contribution in [3.05, 3.63) is 29.8 Å². The Morgan fingerprint density at radius 1 is 1.22 bits per heavy atom. The van der Waals surface area contributed by atoms with Crippen molar-refractivity contribution in [2.45, 2.75) is 13.3 Å². The second-order valence-corrected chi connectivity index (χ2v) is 9.43. The molecule has 0 spiro atoms. The lowest BCUT2D eigenvalue weighted by atomic mass is 10.1. The topological polar surface area (TPSA) is 83.0 Å². The highest BCUT2D eigenvalue weighted by atomic mass is 32.2. The highest BCUT2D eigenvalue weighted by Crippen LogP contribution is 2.13. The van der Waals surface area contributed by atoms with Gasteiger partial charge in [0.15, 0.2) is 5.96 Å². The Kier molecular flexibility index (Phi) is 9.23. The van der Waals surface area contributed by atoms with Gasteiger partial charge >= 0.3 is 0 Å². The normalized spacial score (nSPS) is 16.1. The molecule has 1 fully saturated rings. The van der Waals surface area contributed by atoms with E-state index in [-0.39, 0.29) is 12.3 Å². The van der Waals surface area contributed by atoms with Gasteiger partial charge < -0.3 is 15.4 Å². The van der Waals surface area contributed by atoms with Gasteiger partial charge in [-0.05, 0) is 31.0 Å². The predicted octanol–water partition coefficient (Wildman–Crippen LogP) is 1.17. The molecule has 1 aromatic carbocycles. The number of hydrogen-bond acceptors (Lipinski definition) is 5. The van der Waals surface area contributed by atoms with Gasteiger partial charge in [0.25, 0.3) is 0 Å². The third kappa shape index (κ3) is 7.59. The average Bonchev–Trinajstić information content (AvgIpc) is 2.69. The number of hydrogen-bond donors (Lipinski definition) is 2. The highest BCUT2D eigenvalue weighted by Gasteiger charge is 2.23. The van der Waals surface area contributed by atoms with Crippen molar-refractivity contribution in [1.82, 2.24) is 14.9 Å². The molecule has 9 heteroatoms. The monoisotopic (exact) mass is 414 g/mol. The number of rotatable bonds is 9. The van der Waals surface area contributed by atoms with Crippen LogP contribution in [-0.4, -0.2) is 75.8 Å². The molecule has 0 saturated carbocycles. The number of sulfonamides is 1. The van der Waals surface area contributed by atoms with Crippen molar-refractivity contribution in [1.29, 1.82) is 0 Å². The minimum Gasteiger partial charge on any atom is -0.497 e. The maximum absolute atomic E-state index is 12.4. The summed E-state index contributed by atoms with van der Waals surface area (Å²) in [5.41, 5.74) is 1.20. The third-order valence-corrected chi connectivity index (χ3v) is 6.98. The molecular weight excluding hydrogens is 384 g/mol. The molecule has 2 rings (SSSR count). The SMILES string of the molecule is CCNC(=NCCS(=O)(=O)N1CCSCC1)NCCc1ccc(OC)cc1. The summed E-state index contributed by atoms with van der Waals surface area (Å²) >= 11 is 1.80. The van der Waals surface area contributed by atoms with Crippen LogP contribution in [-0.2, 0) is 16.4 Å². The zero-order valence-electron chi connectivity index (χ0n) is 16.1. The minimum absolute atomic E-state index is 0.0483. The van der Waals surface area contributed by atoms with Crippen LogP contribution in [0.2, 0.25) is 0 Å². The number of methoxy groups -OCH3 is 1. The van der Waals surface area contributed by atoms with E-state index >= 15 is 0 Å². The second-order valence-electron chi connectivity index (χ2n) is 6.11. The Balaban J connectivity index is 1.80. The highest BCUT2D eigenvalue weighted by molar-refractivity contribution is 7.99. The molecule has 0 bridgehead atoms. The van der Waals surface area contributed by atoms with Crippen LogP contribution in [0, 0.1) is 0 Å². The van der Waals surface area contributed by atoms with E-state index in [4.69, 9.17) is 4.74 Å². The van der Waals surface area contributed by atoms with Crippen molar-refractivity contribution in [3.63, 3.8) is 0 Å². The Hall–Kier alpha value is -1.45. The van der Waals surface area contributed by atoms with Crippen LogP contribution in [0.25, 0.3) is 0 Å². The van der Waals surface area contributed by atoms with Crippen molar-refractivity contribution < 1.29 is 13.2 Å². The van der Waals surface area contributed by atoms with E-state index in [9.17, 15) is 8.42 Å². The molecule has 1 heterocycles. The molecule has 1 saturated heterocycles. The van der Waals surface area contributed by atoms with E-state index < -0.39 is 10.0 Å². The Morgan fingerprint density at radius 3 is 2.56 bits per heavy atom. The number of nitrogens with one attached hydrogen (secondary N) is 2. The summed E-state index contributed by atoms with van der Waals surface area (Å²) in [4.78, 5) is 4.42. The van der Waals surface area contributed by atoms with E-state index in [0.29, 0.717) is 25.6 Å². The maximum atomic E-state index is 12.4. The first-order valence-electron chi connectivity index (χ1n) is 9.26. The van der Waals surface area contributed by atoms with Crippen molar-refractivity contribution >= 4 is 27.7 Å². The Bertz CT molecular complexity index is 687. The summed E-state index contributed by atoms with van der Waals surface area (Å²) in [6, 6.07) is 7.96. The fourth-order valence-electron chi connectivity index (χ4n) is 2.69. The molecule has 2 N–H and O–H groups in total. The van der Waals surface area contributed by atoms with Crippen LogP contribution >= 0.6 is 11.8 Å². The molecule has 1 aromatic rings. The average molecular weight is 415 g/mol. The Morgan fingerprint density at radius 2 is 1.93 bits per heavy atom. The van der Waals surface area contributed by atoms with E-state index in [1.165, 1.54) is 5.56 Å². The van der Waals surface area contributed by atoms with Gasteiger partial charge in [0.1, 0.15) is 5.75 Å². The Labute approximate surface area is 167 Å². The lowest BCUT2D eigenvalue weighted by Gasteiger charge is -2.25. The van der Waals surface area contributed by atoms with Gasteiger partial charge in [-0.2, -0.15) is 11.8 Å². The van der Waals surface area contributed by atoms with E-state index in [2.05, 4.69) is 15.6 Å². The summed E-state index contributed by atoms with van der Waals surface area (Å²) < 4.78 is 31.5. The number of aliphatic imine (C=N–C) groups is 1. The fraction of sp³-hybridized carbons (Fsp3) is 0.611. The van der Waals surface area contributed by atoms with Crippen molar-refractivity contribution in [3.8, 4) is 5.75 Å². The molecule has 0 amide bonds. The lowest BCUT2D eigenvalue weighted by Crippen LogP contribution is -2.41. The van der Waals surface area contributed by atoms with Crippen LogP contribution in [0.1, 0.15) is 12.5 Å². The minimum atomic E-state index is -3.22. The number of benzene rings is 1. The van der Waals surface area contributed by atoms with Crippen molar-refractivity contribution in [2.75, 3.05) is 57.1 Å². The molecule has 0 aromatic heterocycles. The molecule has 27 heavy (non-hydrogen) atoms. The summed E-state index contributed by atoms with van der Waals surface area (Å²) in [6.07, 6.45) is 0.845. The maximum Gasteiger partial charge on any atom is 0.215 e. The standard InChI is InChI=1S/C18H30N4O3S2/c1-3-19-18(20-9-8-16-4-6-17(25-2)7-5-16)21-10-15-27(23,24)22-11-13-26-14-12-22/h4-7H,3,8-15H2,1-2H3,(H2,19,20,21). The lowest BCUT2D eigenvalue weighted by molar-refractivity contribution is 0.414. The first kappa shape index (κ1) is 21.8. The largest absolute Gasteiger partial charge is 0.497 e. The molecule has 1 aliphatic rings. The molecule has 7 nitrogen and oxygen atoms in total. The van der Waals surface area contributed by atoms with Gasteiger partial charge in [-0.25, -0.2) is 12.7 Å². The smallest absolute Gasteiger partial charge is 0.215 e. The van der Waals surface area contributed by atoms with Gasteiger partial charge in [-0.15, -0.1) is 0 Å². The van der Waals surface area contributed by atoms with Gasteiger partial charge in [-0.1, -0.05) is 12.1 Å². The number of ether oxygens (including phenoxy) is 1. The molecule has 0 atom stereocenters. The molecule has 1 aliphatic heterocycles. The van der Waals surface area contributed by atoms with Crippen LogP contribution in [0.15, 0.2) is 29.3 Å². The van der Waals surface area contributed by atoms with Crippen molar-refractivity contribution in [2.24, 2.45) is 4.99 Å². The quantitative estimate of drug-likeness (QED) is 0.466. The van der Waals surface area contributed by atoms with Gasteiger partial charge in [-0.3, -0.25) is 4.99 Å². The molecular formula is C18H30N4O3S2. The number of nitrogens with zero attached hydrogens (tertiary/aromatic N) is 2. The number of guanidine groups is 1. The summed E-state index contributed by atoms with van der Waals surface area (Å²) in [5.74, 6) is 3.29. The summed E-state index contributed by atoms with van der Waals surface area (Å²) in [7, 11) is -1.57. The van der Waals surface area contributed by atoms with Crippen LogP contribution in [0.4, 0.5) is 0 Å². The zero-order chi connectivity index (χ0) is 19.5. The first-order valence-corrected chi connectivity index (χ1v) is 12.0. The molecule has 0 aliphatic carbocycles. The zero-order valence-corrected chi connectivity index (χ0v) is 17.7. The van der Waals surface area contributed by atoms with E-state index in [1.54, 1.807) is 23.2 Å². The summed E-state index contributed by atoms with van der Waals surface area (Å²) in [6.45, 7) is 4.90. The summed E-state index contributed by atoms with van der Waals surface area (Å²) in [5, 5.41) is 6.42. The number of thioether (sulfide) groups is 1. The molecule has 0 radical (unpaired) electrons. The fourth-order valence-corrected chi connectivity index (χ4v) is 5.14. The second kappa shape index (κ2) is 11.4. The first-order chi connectivity index (χ1) is 13.0. The van der Waals surface area contributed by atoms with Gasteiger partial charge in [0, 0.05) is 37.7 Å². The van der Waals surface area contributed by atoms with Crippen LogP contribution in [0.3, 0.4) is 0 Å². The van der Waals surface area contributed by atoms with Gasteiger partial charge in [0.2, 0.25) is 10.0 Å². The van der Waals surface area contributed by atoms with Gasteiger partial charge in [0.05, 0.1) is 19.4 Å². The third-order valence-electron chi connectivity index (χ3n) is 4.19. The molecule has 152 valence electrons. The molecule has 0 unspecified atom stereocenters. The van der Waals surface area contributed by atoms with Crippen LogP contribution in [0.5, 0.6) is 5.75 Å². The predicted molar refractivity (Wildman–Crippen MR) is 113 cm³/mol. The van der Waals surface area contributed by atoms with E-state index in [1.807, 2.05) is 31.2 Å². The van der Waals surface area contributed by atoms with E-state index in [0.717, 1.165) is 30.2 Å². The van der Waals surface area contributed by atoms with Crippen LogP contribution < -0.4 is 15.4 Å².